The first-order valence-electron chi connectivity index (χ1n) is 5.96. The van der Waals surface area contributed by atoms with Gasteiger partial charge in [0.1, 0.15) is 5.69 Å². The molecule has 0 atom stereocenters. The number of imidazole rings is 1. The van der Waals surface area contributed by atoms with Crippen molar-refractivity contribution in [3.8, 4) is 11.5 Å². The summed E-state index contributed by atoms with van der Waals surface area (Å²) in [5.41, 5.74) is 9.67. The number of aryl methyl sites for hydroxylation is 1. The second-order valence-corrected chi connectivity index (χ2v) is 5.30. The molecule has 0 radical (unpaired) electrons. The van der Waals surface area contributed by atoms with Gasteiger partial charge in [-0.15, -0.1) is 0 Å². The summed E-state index contributed by atoms with van der Waals surface area (Å²) in [7, 11) is 1.99. The number of aromatic nitrogens is 3. The number of nitrogens with zero attached hydrogens (tertiary/aromatic N) is 3. The van der Waals surface area contributed by atoms with E-state index in [9.17, 15) is 0 Å². The fourth-order valence-electron chi connectivity index (χ4n) is 2.10. The van der Waals surface area contributed by atoms with E-state index in [1.807, 2.05) is 35.9 Å². The molecule has 0 saturated carbocycles. The van der Waals surface area contributed by atoms with Crippen LogP contribution < -0.4 is 5.73 Å². The monoisotopic (exact) mass is 316 g/mol. The Morgan fingerprint density at radius 2 is 2.11 bits per heavy atom. The number of hydrogen-bond donors (Lipinski definition) is 1. The van der Waals surface area contributed by atoms with Gasteiger partial charge in [-0.2, -0.15) is 0 Å². The van der Waals surface area contributed by atoms with Crippen molar-refractivity contribution in [2.24, 2.45) is 12.8 Å². The Hall–Kier alpha value is -1.72. The molecule has 0 aliphatic carbocycles. The zero-order chi connectivity index (χ0) is 13.4. The molecule has 96 valence electrons. The summed E-state index contributed by atoms with van der Waals surface area (Å²) in [5.74, 6) is 0.858. The Kier molecular flexibility index (Phi) is 3.08. The minimum Gasteiger partial charge on any atom is -0.326 e. The van der Waals surface area contributed by atoms with Crippen LogP contribution in [0.1, 0.15) is 5.56 Å². The van der Waals surface area contributed by atoms with Crippen molar-refractivity contribution in [1.29, 1.82) is 0 Å². The third kappa shape index (κ3) is 2.15. The first kappa shape index (κ1) is 12.3. The van der Waals surface area contributed by atoms with Crippen LogP contribution in [0.5, 0.6) is 0 Å². The molecule has 0 amide bonds. The summed E-state index contributed by atoms with van der Waals surface area (Å²) in [5, 5.41) is 0. The van der Waals surface area contributed by atoms with Crippen LogP contribution in [0.25, 0.3) is 22.6 Å². The average molecular weight is 317 g/mol. The second kappa shape index (κ2) is 4.75. The summed E-state index contributed by atoms with van der Waals surface area (Å²) < 4.78 is 3.01. The molecule has 19 heavy (non-hydrogen) atoms. The van der Waals surface area contributed by atoms with Crippen molar-refractivity contribution in [3.05, 3.63) is 46.6 Å². The van der Waals surface area contributed by atoms with E-state index in [1.165, 1.54) is 0 Å². The van der Waals surface area contributed by atoms with Gasteiger partial charge >= 0.3 is 0 Å². The quantitative estimate of drug-likeness (QED) is 0.791. The summed E-state index contributed by atoms with van der Waals surface area (Å²) in [4.78, 5) is 9.02. The van der Waals surface area contributed by atoms with Crippen molar-refractivity contribution in [2.75, 3.05) is 0 Å². The molecule has 0 saturated heterocycles. The molecular weight excluding hydrogens is 304 g/mol. The smallest absolute Gasteiger partial charge is 0.159 e. The molecule has 3 aromatic rings. The zero-order valence-electron chi connectivity index (χ0n) is 10.5. The predicted octanol–water partition coefficient (Wildman–Crippen LogP) is 2.86. The van der Waals surface area contributed by atoms with Gasteiger partial charge in [-0.25, -0.2) is 4.98 Å². The van der Waals surface area contributed by atoms with E-state index >= 15 is 0 Å². The van der Waals surface area contributed by atoms with Gasteiger partial charge in [0, 0.05) is 24.3 Å². The minimum absolute atomic E-state index is 0.535. The maximum Gasteiger partial charge on any atom is 0.159 e. The first-order chi connectivity index (χ1) is 9.19. The number of fused-ring (bicyclic) bond motifs is 1. The van der Waals surface area contributed by atoms with E-state index in [1.54, 1.807) is 6.20 Å². The molecule has 3 rings (SSSR count). The SMILES string of the molecule is Cn1c(-c2ccc(Br)cn2)nc2ccc(CN)cc21. The maximum absolute atomic E-state index is 5.68. The fourth-order valence-corrected chi connectivity index (χ4v) is 2.33. The number of pyridine rings is 1. The highest BCUT2D eigenvalue weighted by molar-refractivity contribution is 9.10. The van der Waals surface area contributed by atoms with E-state index in [0.717, 1.165) is 32.6 Å². The van der Waals surface area contributed by atoms with Crippen LogP contribution in [0.3, 0.4) is 0 Å². The van der Waals surface area contributed by atoms with E-state index < -0.39 is 0 Å². The molecule has 2 aromatic heterocycles. The van der Waals surface area contributed by atoms with Crippen molar-refractivity contribution in [3.63, 3.8) is 0 Å². The second-order valence-electron chi connectivity index (χ2n) is 4.38. The third-order valence-corrected chi connectivity index (χ3v) is 3.61. The van der Waals surface area contributed by atoms with Gasteiger partial charge in [-0.05, 0) is 45.8 Å². The number of benzene rings is 1. The van der Waals surface area contributed by atoms with E-state index in [-0.39, 0.29) is 0 Å². The van der Waals surface area contributed by atoms with E-state index in [2.05, 4.69) is 32.0 Å². The molecule has 2 heterocycles. The van der Waals surface area contributed by atoms with Gasteiger partial charge in [-0.1, -0.05) is 6.07 Å². The molecule has 0 unspecified atom stereocenters. The zero-order valence-corrected chi connectivity index (χ0v) is 12.1. The van der Waals surface area contributed by atoms with Crippen molar-refractivity contribution >= 4 is 27.0 Å². The van der Waals surface area contributed by atoms with Crippen LogP contribution in [0.15, 0.2) is 41.0 Å². The summed E-state index contributed by atoms with van der Waals surface area (Å²) >= 11 is 3.39. The molecular formula is C14H13BrN4. The summed E-state index contributed by atoms with van der Waals surface area (Å²) in [6.07, 6.45) is 1.78. The van der Waals surface area contributed by atoms with Crippen molar-refractivity contribution in [1.82, 2.24) is 14.5 Å². The molecule has 0 aliphatic rings. The lowest BCUT2D eigenvalue weighted by Gasteiger charge is -2.02. The highest BCUT2D eigenvalue weighted by atomic mass is 79.9. The van der Waals surface area contributed by atoms with Crippen LogP contribution in [-0.2, 0) is 13.6 Å². The number of hydrogen-bond acceptors (Lipinski definition) is 3. The van der Waals surface area contributed by atoms with Crippen molar-refractivity contribution in [2.45, 2.75) is 6.54 Å². The van der Waals surface area contributed by atoms with Gasteiger partial charge < -0.3 is 10.3 Å². The van der Waals surface area contributed by atoms with Crippen LogP contribution >= 0.6 is 15.9 Å². The Balaban J connectivity index is 2.19. The Morgan fingerprint density at radius 3 is 2.79 bits per heavy atom. The molecule has 0 spiro atoms. The lowest BCUT2D eigenvalue weighted by atomic mass is 10.2. The minimum atomic E-state index is 0.535. The predicted molar refractivity (Wildman–Crippen MR) is 79.5 cm³/mol. The summed E-state index contributed by atoms with van der Waals surface area (Å²) in [6.45, 7) is 0.535. The number of nitrogens with two attached hydrogens (primary N) is 1. The lowest BCUT2D eigenvalue weighted by molar-refractivity contribution is 0.947. The molecule has 5 heteroatoms. The summed E-state index contributed by atoms with van der Waals surface area (Å²) in [6, 6.07) is 10.0. The Bertz CT molecular complexity index is 731. The topological polar surface area (TPSA) is 56.7 Å². The van der Waals surface area contributed by atoms with Crippen molar-refractivity contribution < 1.29 is 0 Å². The van der Waals surface area contributed by atoms with E-state index in [0.29, 0.717) is 6.54 Å². The van der Waals surface area contributed by atoms with Crippen LogP contribution in [0.2, 0.25) is 0 Å². The van der Waals surface area contributed by atoms with Crippen LogP contribution in [-0.4, -0.2) is 14.5 Å². The molecule has 1 aromatic carbocycles. The molecule has 2 N–H and O–H groups in total. The normalized spacial score (nSPS) is 11.1. The largest absolute Gasteiger partial charge is 0.326 e. The molecule has 4 nitrogen and oxygen atoms in total. The van der Waals surface area contributed by atoms with Gasteiger partial charge in [0.05, 0.1) is 11.0 Å². The van der Waals surface area contributed by atoms with Crippen LogP contribution in [0.4, 0.5) is 0 Å². The van der Waals surface area contributed by atoms with Gasteiger partial charge in [-0.3, -0.25) is 4.98 Å². The number of halogens is 1. The Labute approximate surface area is 119 Å². The standard InChI is InChI=1S/C14H13BrN4/c1-19-13-6-9(7-16)2-4-11(13)18-14(19)12-5-3-10(15)8-17-12/h2-6,8H,7,16H2,1H3. The lowest BCUT2D eigenvalue weighted by Crippen LogP contribution is -1.97. The first-order valence-corrected chi connectivity index (χ1v) is 6.75. The average Bonchev–Trinajstić information content (AvgIpc) is 2.76. The molecule has 0 aliphatic heterocycles. The third-order valence-electron chi connectivity index (χ3n) is 3.14. The number of rotatable bonds is 2. The van der Waals surface area contributed by atoms with E-state index in [4.69, 9.17) is 5.73 Å². The van der Waals surface area contributed by atoms with Crippen LogP contribution in [0, 0.1) is 0 Å². The van der Waals surface area contributed by atoms with Gasteiger partial charge in [0.2, 0.25) is 0 Å². The Morgan fingerprint density at radius 1 is 1.26 bits per heavy atom. The fraction of sp³-hybridized carbons (Fsp3) is 0.143. The highest BCUT2D eigenvalue weighted by Gasteiger charge is 2.11. The van der Waals surface area contributed by atoms with Gasteiger partial charge in [0.15, 0.2) is 5.82 Å². The maximum atomic E-state index is 5.68. The highest BCUT2D eigenvalue weighted by Crippen LogP contribution is 2.23. The van der Waals surface area contributed by atoms with Gasteiger partial charge in [0.25, 0.3) is 0 Å². The molecule has 0 bridgehead atoms. The molecule has 0 fully saturated rings.